The van der Waals surface area contributed by atoms with E-state index in [9.17, 15) is 4.79 Å². The zero-order valence-corrected chi connectivity index (χ0v) is 16.4. The van der Waals surface area contributed by atoms with Crippen LogP contribution >= 0.6 is 11.6 Å². The summed E-state index contributed by atoms with van der Waals surface area (Å²) < 4.78 is 0. The maximum absolute atomic E-state index is 11.3. The lowest BCUT2D eigenvalue weighted by molar-refractivity contribution is -0.114. The molecular formula is C23H25ClN2O. The number of benzene rings is 2. The first-order valence-corrected chi connectivity index (χ1v) is 10.0. The number of carbonyl (C=O) groups excluding carboxylic acids is 1. The Labute approximate surface area is 166 Å². The molecule has 0 spiro atoms. The Kier molecular flexibility index (Phi) is 5.33. The predicted octanol–water partition coefficient (Wildman–Crippen LogP) is 5.12. The van der Waals surface area contributed by atoms with Gasteiger partial charge in [0.05, 0.1) is 0 Å². The number of hydrogen-bond acceptors (Lipinski definition) is 2. The fourth-order valence-corrected chi connectivity index (χ4v) is 4.40. The Morgan fingerprint density at radius 1 is 1.19 bits per heavy atom. The average Bonchev–Trinajstić information content (AvgIpc) is 3.05. The summed E-state index contributed by atoms with van der Waals surface area (Å²) in [5.74, 6) is 0.541. The number of nitrogens with zero attached hydrogens (tertiary/aromatic N) is 1. The van der Waals surface area contributed by atoms with Gasteiger partial charge in [0.2, 0.25) is 5.91 Å². The van der Waals surface area contributed by atoms with E-state index in [1.54, 1.807) is 6.92 Å². The Bertz CT molecular complexity index is 872. The Morgan fingerprint density at radius 3 is 2.70 bits per heavy atom. The van der Waals surface area contributed by atoms with Crippen LogP contribution in [0.4, 0.5) is 5.69 Å². The van der Waals surface area contributed by atoms with Gasteiger partial charge in [-0.05, 0) is 71.7 Å². The van der Waals surface area contributed by atoms with Gasteiger partial charge in [0.25, 0.3) is 0 Å². The molecule has 0 saturated carbocycles. The minimum atomic E-state index is -0.0135. The molecule has 0 bridgehead atoms. The molecule has 1 amide bonds. The van der Waals surface area contributed by atoms with Crippen molar-refractivity contribution in [2.75, 3.05) is 25.0 Å². The van der Waals surface area contributed by atoms with Crippen LogP contribution in [0.5, 0.6) is 0 Å². The zero-order valence-electron chi connectivity index (χ0n) is 15.7. The van der Waals surface area contributed by atoms with Crippen molar-refractivity contribution >= 4 is 28.8 Å². The zero-order chi connectivity index (χ0) is 18.8. The largest absolute Gasteiger partial charge is 0.326 e. The maximum Gasteiger partial charge on any atom is 0.221 e. The van der Waals surface area contributed by atoms with Gasteiger partial charge in [-0.15, -0.1) is 0 Å². The number of anilines is 1. The van der Waals surface area contributed by atoms with Gasteiger partial charge in [-0.2, -0.15) is 0 Å². The van der Waals surface area contributed by atoms with Crippen molar-refractivity contribution < 1.29 is 4.79 Å². The third kappa shape index (κ3) is 4.26. The van der Waals surface area contributed by atoms with Gasteiger partial charge in [0, 0.05) is 37.3 Å². The van der Waals surface area contributed by atoms with Crippen LogP contribution in [-0.2, 0) is 11.2 Å². The van der Waals surface area contributed by atoms with E-state index in [0.717, 1.165) is 43.2 Å². The second kappa shape index (κ2) is 7.87. The quantitative estimate of drug-likeness (QED) is 0.798. The Hall–Kier alpha value is -2.10. The minimum absolute atomic E-state index is 0.0135. The van der Waals surface area contributed by atoms with E-state index in [2.05, 4.69) is 40.6 Å². The third-order valence-electron chi connectivity index (χ3n) is 5.66. The summed E-state index contributed by atoms with van der Waals surface area (Å²) in [6.45, 7) is 4.73. The fraction of sp³-hybridized carbons (Fsp3) is 0.348. The molecule has 4 heteroatoms. The third-order valence-corrected chi connectivity index (χ3v) is 5.91. The lowest BCUT2D eigenvalue weighted by Gasteiger charge is -2.29. The van der Waals surface area contributed by atoms with Gasteiger partial charge in [-0.1, -0.05) is 35.9 Å². The predicted molar refractivity (Wildman–Crippen MR) is 112 cm³/mol. The summed E-state index contributed by atoms with van der Waals surface area (Å²) in [5, 5.41) is 3.70. The molecule has 0 aromatic heterocycles. The van der Waals surface area contributed by atoms with Crippen LogP contribution in [-0.4, -0.2) is 30.4 Å². The fourth-order valence-electron chi connectivity index (χ4n) is 4.27. The van der Waals surface area contributed by atoms with Crippen molar-refractivity contribution in [2.24, 2.45) is 0 Å². The lowest BCUT2D eigenvalue weighted by atomic mass is 9.96. The molecule has 27 heavy (non-hydrogen) atoms. The van der Waals surface area contributed by atoms with Gasteiger partial charge >= 0.3 is 0 Å². The molecule has 2 aromatic rings. The highest BCUT2D eigenvalue weighted by atomic mass is 35.5. The van der Waals surface area contributed by atoms with Crippen LogP contribution in [0.1, 0.15) is 42.4 Å². The number of hydrogen-bond donors (Lipinski definition) is 1. The van der Waals surface area contributed by atoms with Gasteiger partial charge < -0.3 is 5.32 Å². The van der Waals surface area contributed by atoms with Gasteiger partial charge in [-0.3, -0.25) is 9.69 Å². The first kappa shape index (κ1) is 18.3. The number of carbonyl (C=O) groups is 1. The van der Waals surface area contributed by atoms with E-state index < -0.39 is 0 Å². The highest BCUT2D eigenvalue weighted by Gasteiger charge is 2.25. The van der Waals surface area contributed by atoms with Crippen molar-refractivity contribution in [3.8, 4) is 0 Å². The molecule has 1 aliphatic carbocycles. The van der Waals surface area contributed by atoms with E-state index in [4.69, 9.17) is 11.6 Å². The van der Waals surface area contributed by atoms with Crippen LogP contribution in [0.15, 0.2) is 48.5 Å². The maximum atomic E-state index is 11.3. The molecular weight excluding hydrogens is 356 g/mol. The highest BCUT2D eigenvalue weighted by molar-refractivity contribution is 6.30. The number of nitrogens with one attached hydrogen (secondary N) is 1. The number of halogens is 1. The second-order valence-corrected chi connectivity index (χ2v) is 8.01. The first-order valence-electron chi connectivity index (χ1n) is 9.66. The average molecular weight is 381 g/mol. The molecule has 140 valence electrons. The van der Waals surface area contributed by atoms with Gasteiger partial charge in [-0.25, -0.2) is 0 Å². The lowest BCUT2D eigenvalue weighted by Crippen LogP contribution is -2.32. The first-order chi connectivity index (χ1) is 13.1. The second-order valence-electron chi connectivity index (χ2n) is 7.58. The summed E-state index contributed by atoms with van der Waals surface area (Å²) in [4.78, 5) is 13.9. The molecule has 0 saturated heterocycles. The number of fused-ring (bicyclic) bond motifs is 1. The SMILES string of the molecule is CC(=O)Nc1ccc2c(c1)C(CN1CC=C(c3ccc(Cl)cc3)CC1)CC2. The molecule has 1 atom stereocenters. The summed E-state index contributed by atoms with van der Waals surface area (Å²) in [5.41, 5.74) is 6.46. The number of amides is 1. The topological polar surface area (TPSA) is 32.3 Å². The van der Waals surface area contributed by atoms with Crippen LogP contribution in [0.3, 0.4) is 0 Å². The summed E-state index contributed by atoms with van der Waals surface area (Å²) in [7, 11) is 0. The van der Waals surface area contributed by atoms with Crippen LogP contribution < -0.4 is 5.32 Å². The van der Waals surface area contributed by atoms with E-state index in [0.29, 0.717) is 5.92 Å². The normalized spacial score (nSPS) is 19.5. The van der Waals surface area contributed by atoms with Crippen LogP contribution in [0, 0.1) is 0 Å². The minimum Gasteiger partial charge on any atom is -0.326 e. The van der Waals surface area contributed by atoms with Crippen molar-refractivity contribution in [1.29, 1.82) is 0 Å². The summed E-state index contributed by atoms with van der Waals surface area (Å²) in [6, 6.07) is 14.5. The standard InChI is InChI=1S/C23H25ClN2O/c1-16(27)25-22-9-6-19-2-3-20(23(19)14-22)15-26-12-10-18(11-13-26)17-4-7-21(24)8-5-17/h4-10,14,20H,2-3,11-13,15H2,1H3,(H,25,27). The molecule has 4 rings (SSSR count). The van der Waals surface area contributed by atoms with E-state index in [1.807, 2.05) is 18.2 Å². The van der Waals surface area contributed by atoms with Gasteiger partial charge in [0.15, 0.2) is 0 Å². The van der Waals surface area contributed by atoms with Crippen molar-refractivity contribution in [2.45, 2.75) is 32.1 Å². The van der Waals surface area contributed by atoms with Gasteiger partial charge in [0.1, 0.15) is 0 Å². The monoisotopic (exact) mass is 380 g/mol. The number of aryl methyl sites for hydroxylation is 1. The molecule has 1 aliphatic heterocycles. The van der Waals surface area contributed by atoms with E-state index in [-0.39, 0.29) is 5.91 Å². The molecule has 1 heterocycles. The van der Waals surface area contributed by atoms with Crippen LogP contribution in [0.2, 0.25) is 5.02 Å². The van der Waals surface area contributed by atoms with Crippen molar-refractivity contribution in [3.63, 3.8) is 0 Å². The smallest absolute Gasteiger partial charge is 0.221 e. The number of rotatable bonds is 4. The Morgan fingerprint density at radius 2 is 2.00 bits per heavy atom. The van der Waals surface area contributed by atoms with Crippen LogP contribution in [0.25, 0.3) is 5.57 Å². The summed E-state index contributed by atoms with van der Waals surface area (Å²) >= 11 is 6.00. The van der Waals surface area contributed by atoms with E-state index >= 15 is 0 Å². The Balaban J connectivity index is 1.42. The van der Waals surface area contributed by atoms with E-state index in [1.165, 1.54) is 28.7 Å². The molecule has 0 radical (unpaired) electrons. The van der Waals surface area contributed by atoms with Crippen molar-refractivity contribution in [1.82, 2.24) is 4.90 Å². The molecule has 1 unspecified atom stereocenters. The molecule has 2 aliphatic rings. The molecule has 0 fully saturated rings. The molecule has 3 nitrogen and oxygen atoms in total. The highest BCUT2D eigenvalue weighted by Crippen LogP contribution is 2.36. The molecule has 2 aromatic carbocycles. The molecule has 1 N–H and O–H groups in total. The van der Waals surface area contributed by atoms with Crippen molar-refractivity contribution in [3.05, 3.63) is 70.3 Å². The summed E-state index contributed by atoms with van der Waals surface area (Å²) in [6.07, 6.45) is 5.77.